The van der Waals surface area contributed by atoms with Gasteiger partial charge in [0.05, 0.1) is 16.7 Å². The van der Waals surface area contributed by atoms with Gasteiger partial charge in [-0.25, -0.2) is 4.79 Å². The Labute approximate surface area is 165 Å². The van der Waals surface area contributed by atoms with Crippen LogP contribution >= 0.6 is 11.3 Å². The van der Waals surface area contributed by atoms with Crippen LogP contribution in [0.3, 0.4) is 0 Å². The predicted octanol–water partition coefficient (Wildman–Crippen LogP) is 5.70. The van der Waals surface area contributed by atoms with Crippen molar-refractivity contribution < 1.29 is 14.1 Å². The highest BCUT2D eigenvalue weighted by molar-refractivity contribution is 7.21. The Morgan fingerprint density at radius 3 is 2.79 bits per heavy atom. The molecule has 0 spiro atoms. The van der Waals surface area contributed by atoms with Gasteiger partial charge in [0.1, 0.15) is 16.1 Å². The molecule has 4 aromatic rings. The predicted molar refractivity (Wildman–Crippen MR) is 110 cm³/mol. The van der Waals surface area contributed by atoms with Crippen LogP contribution in [0.1, 0.15) is 16.6 Å². The molecule has 0 N–H and O–H groups in total. The van der Waals surface area contributed by atoms with Crippen LogP contribution in [0.2, 0.25) is 0 Å². The van der Waals surface area contributed by atoms with E-state index in [0.29, 0.717) is 23.1 Å². The van der Waals surface area contributed by atoms with Gasteiger partial charge < -0.3 is 14.2 Å². The number of fused-ring (bicyclic) bond motifs is 2. The number of carbonyl (C=O) groups excluding carboxylic acids is 1. The van der Waals surface area contributed by atoms with Gasteiger partial charge >= 0.3 is 5.97 Å². The fraction of sp³-hybridized carbons (Fsp3) is 0.200. The Kier molecular flexibility index (Phi) is 4.79. The zero-order valence-electron chi connectivity index (χ0n) is 15.7. The van der Waals surface area contributed by atoms with Gasteiger partial charge in [-0.3, -0.25) is 0 Å². The first kappa shape index (κ1) is 18.1. The van der Waals surface area contributed by atoms with E-state index in [-0.39, 0.29) is 5.97 Å². The minimum Gasteiger partial charge on any atom is -0.462 e. The summed E-state index contributed by atoms with van der Waals surface area (Å²) in [6.07, 6.45) is 0. The summed E-state index contributed by atoms with van der Waals surface area (Å²) in [6.45, 7) is 2.12. The molecular formula is C20H18N4O3S. The van der Waals surface area contributed by atoms with Gasteiger partial charge in [-0.05, 0) is 37.3 Å². The average Bonchev–Trinajstić information content (AvgIpc) is 3.31. The fourth-order valence-electron chi connectivity index (χ4n) is 2.91. The van der Waals surface area contributed by atoms with Crippen LogP contribution in [0.25, 0.3) is 21.0 Å². The van der Waals surface area contributed by atoms with Crippen molar-refractivity contribution in [2.45, 2.75) is 6.92 Å². The summed E-state index contributed by atoms with van der Waals surface area (Å²) in [5.41, 5.74) is 2.37. The van der Waals surface area contributed by atoms with Gasteiger partial charge in [-0.2, -0.15) is 0 Å². The average molecular weight is 394 g/mol. The summed E-state index contributed by atoms with van der Waals surface area (Å²) in [5, 5.41) is 14.3. The molecule has 28 heavy (non-hydrogen) atoms. The van der Waals surface area contributed by atoms with Crippen LogP contribution in [-0.4, -0.2) is 31.8 Å². The maximum absolute atomic E-state index is 12.2. The number of hydrogen-bond donors (Lipinski definition) is 0. The van der Waals surface area contributed by atoms with Gasteiger partial charge in [0.25, 0.3) is 5.88 Å². The lowest BCUT2D eigenvalue weighted by molar-refractivity contribution is 0.0532. The normalized spacial score (nSPS) is 11.5. The van der Waals surface area contributed by atoms with E-state index >= 15 is 0 Å². The number of benzene rings is 2. The van der Waals surface area contributed by atoms with Crippen molar-refractivity contribution in [1.82, 2.24) is 5.16 Å². The van der Waals surface area contributed by atoms with Gasteiger partial charge in [0.2, 0.25) is 0 Å². The summed E-state index contributed by atoms with van der Waals surface area (Å²) in [4.78, 5) is 14.7. The summed E-state index contributed by atoms with van der Waals surface area (Å²) >= 11 is 1.34. The molecule has 0 saturated heterocycles. The molecule has 0 bridgehead atoms. The van der Waals surface area contributed by atoms with Crippen LogP contribution in [0.5, 0.6) is 0 Å². The SMILES string of the molecule is CCOC(=O)c1cc2c(N(C)C)ccc(N=Nc3onc4ccccc34)c2s1. The lowest BCUT2D eigenvalue weighted by Gasteiger charge is -2.14. The number of thiophene rings is 1. The number of rotatable bonds is 5. The molecule has 0 aliphatic heterocycles. The first-order valence-electron chi connectivity index (χ1n) is 8.75. The molecule has 0 radical (unpaired) electrons. The molecule has 4 rings (SSSR count). The summed E-state index contributed by atoms with van der Waals surface area (Å²) in [5.74, 6) is 0.0140. The summed E-state index contributed by atoms with van der Waals surface area (Å²) < 4.78 is 11.3. The highest BCUT2D eigenvalue weighted by atomic mass is 32.1. The Hall–Kier alpha value is -3.26. The second-order valence-electron chi connectivity index (χ2n) is 6.28. The van der Waals surface area contributed by atoms with Crippen LogP contribution in [0.15, 0.2) is 57.2 Å². The van der Waals surface area contributed by atoms with E-state index in [4.69, 9.17) is 9.26 Å². The van der Waals surface area contributed by atoms with E-state index in [9.17, 15) is 4.79 Å². The van der Waals surface area contributed by atoms with Crippen molar-refractivity contribution in [2.24, 2.45) is 10.2 Å². The minimum atomic E-state index is -0.336. The zero-order valence-corrected chi connectivity index (χ0v) is 16.5. The second kappa shape index (κ2) is 7.40. The van der Waals surface area contributed by atoms with E-state index in [1.165, 1.54) is 11.3 Å². The Morgan fingerprint density at radius 1 is 1.18 bits per heavy atom. The Balaban J connectivity index is 1.80. The molecule has 0 atom stereocenters. The Morgan fingerprint density at radius 2 is 2.00 bits per heavy atom. The number of anilines is 1. The molecule has 0 fully saturated rings. The van der Waals surface area contributed by atoms with Crippen molar-refractivity contribution in [3.63, 3.8) is 0 Å². The van der Waals surface area contributed by atoms with Crippen molar-refractivity contribution >= 4 is 55.6 Å². The minimum absolute atomic E-state index is 0.332. The molecule has 2 aromatic carbocycles. The number of hydrogen-bond acceptors (Lipinski definition) is 8. The van der Waals surface area contributed by atoms with Gasteiger partial charge in [0.15, 0.2) is 0 Å². The molecule has 0 amide bonds. The molecule has 0 aliphatic carbocycles. The molecule has 0 saturated carbocycles. The lowest BCUT2D eigenvalue weighted by Crippen LogP contribution is -2.08. The number of esters is 1. The molecule has 142 valence electrons. The third-order valence-corrected chi connectivity index (χ3v) is 5.35. The van der Waals surface area contributed by atoms with Crippen LogP contribution < -0.4 is 4.90 Å². The maximum atomic E-state index is 12.2. The largest absolute Gasteiger partial charge is 0.462 e. The Bertz CT molecular complexity index is 1190. The van der Waals surface area contributed by atoms with E-state index in [0.717, 1.165) is 26.7 Å². The first-order valence-corrected chi connectivity index (χ1v) is 9.57. The van der Waals surface area contributed by atoms with Crippen molar-refractivity contribution in [1.29, 1.82) is 0 Å². The number of carbonyl (C=O) groups is 1. The highest BCUT2D eigenvalue weighted by Gasteiger charge is 2.17. The monoisotopic (exact) mass is 394 g/mol. The first-order chi connectivity index (χ1) is 13.6. The highest BCUT2D eigenvalue weighted by Crippen LogP contribution is 2.40. The molecule has 2 aromatic heterocycles. The molecular weight excluding hydrogens is 376 g/mol. The number of azo groups is 1. The molecule has 7 nitrogen and oxygen atoms in total. The van der Waals surface area contributed by atoms with Gasteiger partial charge in [-0.1, -0.05) is 17.3 Å². The molecule has 8 heteroatoms. The van der Waals surface area contributed by atoms with E-state index in [1.54, 1.807) is 6.92 Å². The van der Waals surface area contributed by atoms with Crippen molar-refractivity contribution in [2.75, 3.05) is 25.6 Å². The number of nitrogens with zero attached hydrogens (tertiary/aromatic N) is 4. The molecule has 0 unspecified atom stereocenters. The zero-order chi connectivity index (χ0) is 19.7. The summed E-state index contributed by atoms with van der Waals surface area (Å²) in [6, 6.07) is 13.2. The van der Waals surface area contributed by atoms with E-state index in [2.05, 4.69) is 15.4 Å². The number of aromatic nitrogens is 1. The maximum Gasteiger partial charge on any atom is 0.348 e. The lowest BCUT2D eigenvalue weighted by atomic mass is 10.2. The second-order valence-corrected chi connectivity index (χ2v) is 7.33. The molecule has 0 aliphatic rings. The van der Waals surface area contributed by atoms with Gasteiger partial charge in [0, 0.05) is 25.2 Å². The van der Waals surface area contributed by atoms with E-state index in [1.807, 2.05) is 61.5 Å². The smallest absolute Gasteiger partial charge is 0.348 e. The fourth-order valence-corrected chi connectivity index (χ4v) is 3.94. The summed E-state index contributed by atoms with van der Waals surface area (Å²) in [7, 11) is 3.91. The standard InChI is InChI=1S/C20H18N4O3S/c1-4-26-20(25)17-11-13-16(24(2)3)10-9-15(18(13)28-17)21-22-19-12-7-5-6-8-14(12)23-27-19/h5-11H,4H2,1-3H3. The number of ether oxygens (including phenoxy) is 1. The van der Waals surface area contributed by atoms with Crippen LogP contribution in [0, 0.1) is 0 Å². The molecule has 2 heterocycles. The third-order valence-electron chi connectivity index (χ3n) is 4.21. The third kappa shape index (κ3) is 3.22. The topological polar surface area (TPSA) is 80.3 Å². The van der Waals surface area contributed by atoms with Gasteiger partial charge in [-0.15, -0.1) is 21.6 Å². The quantitative estimate of drug-likeness (QED) is 0.320. The van der Waals surface area contributed by atoms with Crippen molar-refractivity contribution in [3.05, 3.63) is 47.3 Å². The van der Waals surface area contributed by atoms with Crippen LogP contribution in [-0.2, 0) is 4.74 Å². The van der Waals surface area contributed by atoms with E-state index < -0.39 is 0 Å². The van der Waals surface area contributed by atoms with Crippen LogP contribution in [0.4, 0.5) is 17.3 Å². The van der Waals surface area contributed by atoms with Crippen molar-refractivity contribution in [3.8, 4) is 0 Å².